The number of anilines is 1. The molecule has 0 radical (unpaired) electrons. The second-order valence-corrected chi connectivity index (χ2v) is 6.10. The zero-order valence-electron chi connectivity index (χ0n) is 10.0. The largest absolute Gasteiger partial charge is 0.481 e. The summed E-state index contributed by atoms with van der Waals surface area (Å²) >= 11 is 12.7. The number of aliphatic carboxylic acids is 1. The van der Waals surface area contributed by atoms with Crippen molar-refractivity contribution in [1.29, 1.82) is 0 Å². The number of rotatable bonds is 4. The molecule has 1 aromatic carbocycles. The molecule has 20 heavy (non-hydrogen) atoms. The summed E-state index contributed by atoms with van der Waals surface area (Å²) in [4.78, 5) is 35.6. The number of amides is 2. The number of benzene rings is 1. The van der Waals surface area contributed by atoms with Crippen LogP contribution in [0.25, 0.3) is 0 Å². The molecule has 5 nitrogen and oxygen atoms in total. The molecular weight excluding hydrogens is 325 g/mol. The third-order valence-electron chi connectivity index (χ3n) is 2.66. The van der Waals surface area contributed by atoms with Gasteiger partial charge in [0.2, 0.25) is 11.8 Å². The standard InChI is InChI=1S/C12H9Cl2NO4S/c13-6-1-2-8(7(14)3-6)15-10(16)4-9(12(15)19)20-5-11(17)18/h1-3,9H,4-5H2,(H,17,18). The Morgan fingerprint density at radius 2 is 2.10 bits per heavy atom. The summed E-state index contributed by atoms with van der Waals surface area (Å²) < 4.78 is 0. The zero-order valence-corrected chi connectivity index (χ0v) is 12.3. The van der Waals surface area contributed by atoms with Crippen molar-refractivity contribution in [2.45, 2.75) is 11.7 Å². The van der Waals surface area contributed by atoms with Crippen molar-refractivity contribution in [3.05, 3.63) is 28.2 Å². The van der Waals surface area contributed by atoms with Crippen LogP contribution < -0.4 is 4.90 Å². The Balaban J connectivity index is 2.22. The fraction of sp³-hybridized carbons (Fsp3) is 0.250. The first-order chi connectivity index (χ1) is 9.40. The van der Waals surface area contributed by atoms with E-state index in [0.29, 0.717) is 5.02 Å². The molecule has 1 unspecified atom stereocenters. The molecule has 1 heterocycles. The number of carbonyl (C=O) groups is 3. The highest BCUT2D eigenvalue weighted by atomic mass is 35.5. The summed E-state index contributed by atoms with van der Waals surface area (Å²) in [6.45, 7) is 0. The predicted octanol–water partition coefficient (Wildman–Crippen LogP) is 2.44. The molecule has 8 heteroatoms. The number of thioether (sulfide) groups is 1. The number of carboxylic acids is 1. The van der Waals surface area contributed by atoms with Gasteiger partial charge in [-0.15, -0.1) is 11.8 Å². The van der Waals surface area contributed by atoms with Crippen LogP contribution in [0.4, 0.5) is 5.69 Å². The Morgan fingerprint density at radius 3 is 2.70 bits per heavy atom. The van der Waals surface area contributed by atoms with Crippen molar-refractivity contribution in [3.8, 4) is 0 Å². The van der Waals surface area contributed by atoms with Gasteiger partial charge in [-0.1, -0.05) is 23.2 Å². The lowest BCUT2D eigenvalue weighted by Gasteiger charge is -2.16. The third-order valence-corrected chi connectivity index (χ3v) is 4.39. The van der Waals surface area contributed by atoms with Gasteiger partial charge in [0.1, 0.15) is 0 Å². The van der Waals surface area contributed by atoms with E-state index in [0.717, 1.165) is 16.7 Å². The quantitative estimate of drug-likeness (QED) is 0.856. The van der Waals surface area contributed by atoms with Crippen molar-refractivity contribution in [3.63, 3.8) is 0 Å². The number of carboxylic acid groups (broad SMARTS) is 1. The van der Waals surface area contributed by atoms with Gasteiger partial charge in [-0.3, -0.25) is 14.4 Å². The summed E-state index contributed by atoms with van der Waals surface area (Å²) in [5.74, 6) is -2.11. The van der Waals surface area contributed by atoms with Crippen LogP contribution in [-0.4, -0.2) is 33.9 Å². The first-order valence-corrected chi connectivity index (χ1v) is 7.36. The van der Waals surface area contributed by atoms with Crippen LogP contribution in [0.2, 0.25) is 10.0 Å². The van der Waals surface area contributed by atoms with Crippen LogP contribution >= 0.6 is 35.0 Å². The molecule has 0 aromatic heterocycles. The minimum atomic E-state index is -1.03. The topological polar surface area (TPSA) is 74.7 Å². The van der Waals surface area contributed by atoms with E-state index < -0.39 is 23.0 Å². The minimum Gasteiger partial charge on any atom is -0.481 e. The van der Waals surface area contributed by atoms with Crippen LogP contribution in [0.15, 0.2) is 18.2 Å². The van der Waals surface area contributed by atoms with Gasteiger partial charge in [0.15, 0.2) is 0 Å². The lowest BCUT2D eigenvalue weighted by molar-refractivity contribution is -0.134. The summed E-state index contributed by atoms with van der Waals surface area (Å²) in [6, 6.07) is 4.46. The number of hydrogen-bond acceptors (Lipinski definition) is 4. The fourth-order valence-electron chi connectivity index (χ4n) is 1.82. The molecule has 1 saturated heterocycles. The van der Waals surface area contributed by atoms with Crippen molar-refractivity contribution in [2.24, 2.45) is 0 Å². The summed E-state index contributed by atoms with van der Waals surface area (Å²) in [5, 5.41) is 8.52. The molecule has 0 aliphatic carbocycles. The molecule has 106 valence electrons. The van der Waals surface area contributed by atoms with Gasteiger partial charge in [0.25, 0.3) is 0 Å². The van der Waals surface area contributed by atoms with Crippen LogP contribution in [0.3, 0.4) is 0 Å². The van der Waals surface area contributed by atoms with Gasteiger partial charge in [-0.25, -0.2) is 4.90 Å². The van der Waals surface area contributed by atoms with E-state index in [9.17, 15) is 14.4 Å². The number of carbonyl (C=O) groups excluding carboxylic acids is 2. The van der Waals surface area contributed by atoms with E-state index in [1.807, 2.05) is 0 Å². The molecular formula is C12H9Cl2NO4S. The van der Waals surface area contributed by atoms with Crippen LogP contribution in [-0.2, 0) is 14.4 Å². The average Bonchev–Trinajstić information content (AvgIpc) is 2.63. The SMILES string of the molecule is O=C(O)CSC1CC(=O)N(c2ccc(Cl)cc2Cl)C1=O. The van der Waals surface area contributed by atoms with Gasteiger partial charge < -0.3 is 5.11 Å². The molecule has 1 fully saturated rings. The first-order valence-electron chi connectivity index (χ1n) is 5.55. The van der Waals surface area contributed by atoms with E-state index >= 15 is 0 Å². The molecule has 1 aliphatic heterocycles. The highest BCUT2D eigenvalue weighted by Gasteiger charge is 2.40. The number of hydrogen-bond donors (Lipinski definition) is 1. The van der Waals surface area contributed by atoms with E-state index in [1.54, 1.807) is 0 Å². The van der Waals surface area contributed by atoms with Gasteiger partial charge in [-0.05, 0) is 18.2 Å². The molecule has 0 spiro atoms. The molecule has 1 aromatic rings. The molecule has 0 saturated carbocycles. The molecule has 1 N–H and O–H groups in total. The number of nitrogens with zero attached hydrogens (tertiary/aromatic N) is 1. The van der Waals surface area contributed by atoms with Gasteiger partial charge in [-0.2, -0.15) is 0 Å². The van der Waals surface area contributed by atoms with Crippen molar-refractivity contribution in [2.75, 3.05) is 10.7 Å². The van der Waals surface area contributed by atoms with Crippen molar-refractivity contribution < 1.29 is 19.5 Å². The van der Waals surface area contributed by atoms with Gasteiger partial charge >= 0.3 is 5.97 Å². The maximum atomic E-state index is 12.2. The van der Waals surface area contributed by atoms with Gasteiger partial charge in [0, 0.05) is 11.4 Å². The normalized spacial score (nSPS) is 18.7. The minimum absolute atomic E-state index is 0.0320. The van der Waals surface area contributed by atoms with Crippen molar-refractivity contribution >= 4 is 58.4 Å². The predicted molar refractivity (Wildman–Crippen MR) is 77.5 cm³/mol. The third kappa shape index (κ3) is 3.08. The number of imide groups is 1. The summed E-state index contributed by atoms with van der Waals surface area (Å²) in [5.41, 5.74) is 0.268. The lowest BCUT2D eigenvalue weighted by Crippen LogP contribution is -2.31. The Kier molecular flexibility index (Phi) is 4.57. The number of halogens is 2. The maximum Gasteiger partial charge on any atom is 0.313 e. The van der Waals surface area contributed by atoms with E-state index in [2.05, 4.69) is 0 Å². The lowest BCUT2D eigenvalue weighted by atomic mass is 10.3. The van der Waals surface area contributed by atoms with Crippen LogP contribution in [0, 0.1) is 0 Å². The monoisotopic (exact) mass is 333 g/mol. The van der Waals surface area contributed by atoms with E-state index in [4.69, 9.17) is 28.3 Å². The molecule has 1 aliphatic rings. The van der Waals surface area contributed by atoms with Crippen molar-refractivity contribution in [1.82, 2.24) is 0 Å². The Hall–Kier alpha value is -1.24. The Labute approximate surface area is 128 Å². The maximum absolute atomic E-state index is 12.2. The van der Waals surface area contributed by atoms with E-state index in [-0.39, 0.29) is 22.9 Å². The summed E-state index contributed by atoms with van der Waals surface area (Å²) in [6.07, 6.45) is -0.0320. The Morgan fingerprint density at radius 1 is 1.40 bits per heavy atom. The molecule has 2 amide bonds. The van der Waals surface area contributed by atoms with Crippen LogP contribution in [0.1, 0.15) is 6.42 Å². The Bertz CT molecular complexity index is 593. The second kappa shape index (κ2) is 6.03. The second-order valence-electron chi connectivity index (χ2n) is 4.06. The van der Waals surface area contributed by atoms with E-state index in [1.165, 1.54) is 18.2 Å². The molecule has 2 rings (SSSR count). The first kappa shape index (κ1) is 15.2. The zero-order chi connectivity index (χ0) is 14.9. The average molecular weight is 334 g/mol. The smallest absolute Gasteiger partial charge is 0.313 e. The molecule has 1 atom stereocenters. The highest BCUT2D eigenvalue weighted by molar-refractivity contribution is 8.01. The van der Waals surface area contributed by atoms with Crippen LogP contribution in [0.5, 0.6) is 0 Å². The molecule has 0 bridgehead atoms. The fourth-order valence-corrected chi connectivity index (χ4v) is 3.17. The highest BCUT2D eigenvalue weighted by Crippen LogP contribution is 2.35. The summed E-state index contributed by atoms with van der Waals surface area (Å²) in [7, 11) is 0. The van der Waals surface area contributed by atoms with Gasteiger partial charge in [0.05, 0.1) is 21.7 Å².